The second kappa shape index (κ2) is 24.0. The molecule has 0 aromatic heterocycles. The average Bonchev–Trinajstić information content (AvgIpc) is 2.73. The predicted molar refractivity (Wildman–Crippen MR) is 122 cm³/mol. The van der Waals surface area contributed by atoms with Gasteiger partial charge in [-0.05, 0) is 4.93 Å². The van der Waals surface area contributed by atoms with E-state index in [0.29, 0.717) is 5.56 Å². The number of nitrogens with zero attached hydrogens (tertiary/aromatic N) is 2. The molecule has 2 aromatic carbocycles. The topological polar surface area (TPSA) is 176 Å². The van der Waals surface area contributed by atoms with Crippen molar-refractivity contribution in [3.05, 3.63) is 70.1 Å². The quantitative estimate of drug-likeness (QED) is 0.0736. The summed E-state index contributed by atoms with van der Waals surface area (Å²) in [6, 6.07) is 4.36. The second-order valence-electron chi connectivity index (χ2n) is 4.51. The number of nitro groups is 2. The van der Waals surface area contributed by atoms with Crippen LogP contribution in [0.15, 0.2) is 24.3 Å². The maximum absolute atomic E-state index is 10.3. The minimum absolute atomic E-state index is 0. The van der Waals surface area contributed by atoms with Crippen LogP contribution in [0.2, 0.25) is 20.1 Å². The molecular weight excluding hydrogens is 699 g/mol. The number of aliphatic hydroxyl groups excluding tert-OH is 1. The zero-order valence-corrected chi connectivity index (χ0v) is 28.6. The fraction of sp³-hybridized carbons (Fsp3) is 0.133. The summed E-state index contributed by atoms with van der Waals surface area (Å²) in [5.74, 6) is -0.344. The number of halogens is 5. The minimum atomic E-state index is -0.642. The Morgan fingerprint density at radius 1 is 0.939 bits per heavy atom. The van der Waals surface area contributed by atoms with E-state index in [1.54, 1.807) is 0 Å². The number of nitro benzene ring substituents is 2. The molecule has 2 N–H and O–H groups in total. The molecule has 0 spiro atoms. The molecule has 0 aliphatic heterocycles. The molecule has 174 valence electrons. The first-order chi connectivity index (χ1) is 14.5. The SMILES string of the molecule is CI.O=CO[O-].O=[N+]([O-])c1cc(Cl)c(CO)c(Cl)c1.O=[N+]([O-])c1cc(Cl)c(O)c(Cl)c1.[H-].[K+].[K+]. The number of hydrogen-bond donors (Lipinski definition) is 2. The molecule has 0 saturated carbocycles. The van der Waals surface area contributed by atoms with Gasteiger partial charge < -0.3 is 21.8 Å². The van der Waals surface area contributed by atoms with Gasteiger partial charge in [0.15, 0.2) is 5.75 Å². The molecule has 0 atom stereocenters. The van der Waals surface area contributed by atoms with Crippen LogP contribution in [0, 0.1) is 20.2 Å². The summed E-state index contributed by atoms with van der Waals surface area (Å²) in [7, 11) is 0. The van der Waals surface area contributed by atoms with Crippen LogP contribution in [0.3, 0.4) is 0 Å². The molecule has 0 bridgehead atoms. The molecule has 0 amide bonds. The summed E-state index contributed by atoms with van der Waals surface area (Å²) < 4.78 is 0. The Bertz CT molecular complexity index is 874. The van der Waals surface area contributed by atoms with Crippen LogP contribution < -0.4 is 108 Å². The number of non-ortho nitro benzene ring substituents is 2. The third-order valence-corrected chi connectivity index (χ3v) is 4.00. The van der Waals surface area contributed by atoms with Crippen molar-refractivity contribution >= 4 is 86.8 Å². The van der Waals surface area contributed by atoms with Crippen LogP contribution in [0.1, 0.15) is 6.99 Å². The normalized spacial score (nSPS) is 8.36. The van der Waals surface area contributed by atoms with Gasteiger partial charge in [0.2, 0.25) is 0 Å². The van der Waals surface area contributed by atoms with Crippen LogP contribution in [-0.4, -0.2) is 31.5 Å². The van der Waals surface area contributed by atoms with Crippen LogP contribution >= 0.6 is 69.0 Å². The van der Waals surface area contributed by atoms with Crippen molar-refractivity contribution in [3.8, 4) is 5.75 Å². The van der Waals surface area contributed by atoms with Crippen molar-refractivity contribution in [1.82, 2.24) is 0 Å². The third-order valence-electron chi connectivity index (χ3n) is 2.75. The van der Waals surface area contributed by atoms with E-state index < -0.39 is 9.85 Å². The number of aliphatic hydroxyl groups is 1. The summed E-state index contributed by atoms with van der Waals surface area (Å²) in [5.41, 5.74) is -0.135. The molecule has 0 aliphatic rings. The van der Waals surface area contributed by atoms with Gasteiger partial charge in [0.1, 0.15) is 0 Å². The van der Waals surface area contributed by atoms with Crippen LogP contribution in [0.4, 0.5) is 11.4 Å². The molecular formula is C15H13Cl4IK2N2O9. The summed E-state index contributed by atoms with van der Waals surface area (Å²) in [6.45, 7) is -0.518. The Morgan fingerprint density at radius 3 is 1.42 bits per heavy atom. The maximum atomic E-state index is 10.3. The molecule has 2 aromatic rings. The number of carbonyl (C=O) groups is 1. The average molecular weight is 712 g/mol. The number of phenols is 1. The smallest absolute Gasteiger partial charge is 1.00 e. The third kappa shape index (κ3) is 16.9. The van der Waals surface area contributed by atoms with E-state index in [1.165, 1.54) is 0 Å². The van der Waals surface area contributed by atoms with Crippen molar-refractivity contribution < 1.29 is 139 Å². The van der Waals surface area contributed by atoms with Crippen molar-refractivity contribution in [2.75, 3.05) is 4.93 Å². The summed E-state index contributed by atoms with van der Waals surface area (Å²) >= 11 is 24.3. The van der Waals surface area contributed by atoms with E-state index >= 15 is 0 Å². The Balaban J connectivity index is -0.000000125. The van der Waals surface area contributed by atoms with Crippen LogP contribution in [0.25, 0.3) is 0 Å². The van der Waals surface area contributed by atoms with Gasteiger partial charge in [-0.3, -0.25) is 25.0 Å². The second-order valence-corrected chi connectivity index (χ2v) is 6.14. The molecule has 0 radical (unpaired) electrons. The van der Waals surface area contributed by atoms with E-state index in [2.05, 4.69) is 27.5 Å². The number of carbonyl (C=O) groups excluding carboxylic acids is 1. The van der Waals surface area contributed by atoms with E-state index in [4.69, 9.17) is 66.7 Å². The summed E-state index contributed by atoms with van der Waals surface area (Å²) in [6.07, 6.45) is 0. The first-order valence-corrected chi connectivity index (χ1v) is 10.8. The van der Waals surface area contributed by atoms with Gasteiger partial charge in [-0.25, -0.2) is 0 Å². The van der Waals surface area contributed by atoms with Gasteiger partial charge in [0.05, 0.1) is 36.5 Å². The van der Waals surface area contributed by atoms with Gasteiger partial charge in [-0.15, -0.1) is 0 Å². The monoisotopic (exact) mass is 710 g/mol. The van der Waals surface area contributed by atoms with Gasteiger partial charge in [0, 0.05) is 29.8 Å². The zero-order valence-electron chi connectivity index (χ0n) is 18.1. The first-order valence-electron chi connectivity index (χ1n) is 7.15. The van der Waals surface area contributed by atoms with Gasteiger partial charge in [-0.2, -0.15) is 0 Å². The summed E-state index contributed by atoms with van der Waals surface area (Å²) in [4.78, 5) is 32.5. The minimum Gasteiger partial charge on any atom is -1.00 e. The molecule has 0 heterocycles. The Morgan fingerprint density at radius 2 is 1.21 bits per heavy atom. The fourth-order valence-electron chi connectivity index (χ4n) is 1.50. The first kappa shape index (κ1) is 41.7. The molecule has 0 unspecified atom stereocenters. The van der Waals surface area contributed by atoms with E-state index in [0.717, 1.165) is 24.3 Å². The zero-order chi connectivity index (χ0) is 24.7. The molecule has 33 heavy (non-hydrogen) atoms. The Hall–Kier alpha value is 1.59. The Kier molecular flexibility index (Phi) is 30.3. The molecule has 0 aliphatic carbocycles. The number of aromatic hydroxyl groups is 1. The maximum Gasteiger partial charge on any atom is 1.00 e. The van der Waals surface area contributed by atoms with Crippen LogP contribution in [-0.2, 0) is 16.3 Å². The number of benzene rings is 2. The van der Waals surface area contributed by atoms with E-state index in [9.17, 15) is 20.2 Å². The number of hydrogen-bond acceptors (Lipinski definition) is 9. The van der Waals surface area contributed by atoms with Gasteiger partial charge in [0.25, 0.3) is 17.8 Å². The van der Waals surface area contributed by atoms with Gasteiger partial charge >= 0.3 is 103 Å². The summed E-state index contributed by atoms with van der Waals surface area (Å²) in [5, 5.41) is 46.7. The molecule has 0 saturated heterocycles. The molecule has 2 rings (SSSR count). The molecule has 11 nitrogen and oxygen atoms in total. The van der Waals surface area contributed by atoms with Crippen LogP contribution in [0.5, 0.6) is 5.75 Å². The standard InChI is InChI=1S/C7H5Cl2NO3.C6H3Cl2NO3.CH3I.CH2O3.2K.H/c8-6-1-4(10(12)13)2-7(9)5(6)3-11;7-4-1-3(9(11)12)2-5(8)6(4)10;1-2;2-1-4-3;;;/h1-2,11H,3H2;1-2,10H;1H3;1,3H;;;/q;;;;2*+1;-1/p-1. The van der Waals surface area contributed by atoms with Gasteiger partial charge in [-0.1, -0.05) is 69.0 Å². The van der Waals surface area contributed by atoms with Crippen molar-refractivity contribution in [3.63, 3.8) is 0 Å². The molecule has 18 heteroatoms. The van der Waals surface area contributed by atoms with E-state index in [-0.39, 0.29) is 154 Å². The fourth-order valence-corrected chi connectivity index (χ4v) is 2.57. The van der Waals surface area contributed by atoms with Crippen molar-refractivity contribution in [2.24, 2.45) is 0 Å². The number of phenolic OH excluding ortho intramolecular Hbond substituents is 1. The Labute approximate surface area is 307 Å². The van der Waals surface area contributed by atoms with E-state index in [1.807, 2.05) is 4.93 Å². The van der Waals surface area contributed by atoms with Crippen molar-refractivity contribution in [2.45, 2.75) is 6.61 Å². The number of alkyl halides is 1. The molecule has 0 fully saturated rings. The van der Waals surface area contributed by atoms with Crippen molar-refractivity contribution in [1.29, 1.82) is 0 Å². The largest absolute Gasteiger partial charge is 1.00 e. The predicted octanol–water partition coefficient (Wildman–Crippen LogP) is -1.39. The number of rotatable bonds is 4.